The second-order valence-electron chi connectivity index (χ2n) is 5.01. The van der Waals surface area contributed by atoms with Crippen molar-refractivity contribution >= 4 is 17.9 Å². The highest BCUT2D eigenvalue weighted by Crippen LogP contribution is 2.19. The molecule has 0 saturated heterocycles. The van der Waals surface area contributed by atoms with E-state index >= 15 is 0 Å². The quantitative estimate of drug-likeness (QED) is 0.483. The van der Waals surface area contributed by atoms with Gasteiger partial charge >= 0.3 is 17.9 Å². The van der Waals surface area contributed by atoms with E-state index < -0.39 is 36.4 Å². The lowest BCUT2D eigenvalue weighted by molar-refractivity contribution is -0.175. The summed E-state index contributed by atoms with van der Waals surface area (Å²) in [5.74, 6) is -4.28. The van der Waals surface area contributed by atoms with Crippen LogP contribution in [0.15, 0.2) is 0 Å². The minimum absolute atomic E-state index is 0.0186. The summed E-state index contributed by atoms with van der Waals surface area (Å²) in [6, 6.07) is 0.0186. The van der Waals surface area contributed by atoms with Crippen molar-refractivity contribution in [3.63, 3.8) is 0 Å². The largest absolute Gasteiger partial charge is 0.481 e. The second-order valence-corrected chi connectivity index (χ2v) is 5.01. The topological polar surface area (TPSA) is 133 Å². The van der Waals surface area contributed by atoms with E-state index in [4.69, 9.17) is 15.1 Å². The highest BCUT2D eigenvalue weighted by molar-refractivity contribution is 5.88. The molecule has 1 aliphatic carbocycles. The van der Waals surface area contributed by atoms with E-state index in [9.17, 15) is 19.5 Å². The van der Waals surface area contributed by atoms with E-state index in [1.54, 1.807) is 0 Å². The summed E-state index contributed by atoms with van der Waals surface area (Å²) < 4.78 is 0. The molecule has 0 radical (unpaired) electrons. The number of carbonyl (C=O) groups is 3. The van der Waals surface area contributed by atoms with Crippen LogP contribution in [-0.4, -0.2) is 44.9 Å². The summed E-state index contributed by atoms with van der Waals surface area (Å²) in [5, 5.41) is 27.0. The summed E-state index contributed by atoms with van der Waals surface area (Å²) in [7, 11) is 0. The predicted octanol–water partition coefficient (Wildman–Crippen LogP) is 0.0474. The first-order valence-electron chi connectivity index (χ1n) is 6.46. The summed E-state index contributed by atoms with van der Waals surface area (Å²) in [6.45, 7) is 0. The number of rotatable bonds is 7. The molecule has 4 N–H and O–H groups in total. The van der Waals surface area contributed by atoms with Gasteiger partial charge in [0.15, 0.2) is 5.60 Å². The number of hydroxylamine groups is 1. The number of hydrogen-bond acceptors (Lipinski definition) is 6. The number of aliphatic carboxylic acids is 2. The van der Waals surface area contributed by atoms with Crippen LogP contribution in [0.4, 0.5) is 0 Å². The summed E-state index contributed by atoms with van der Waals surface area (Å²) in [4.78, 5) is 37.6. The molecule has 0 aliphatic heterocycles. The van der Waals surface area contributed by atoms with Gasteiger partial charge in [0, 0.05) is 6.04 Å². The van der Waals surface area contributed by atoms with E-state index in [0.29, 0.717) is 0 Å². The monoisotopic (exact) mass is 289 g/mol. The Morgan fingerprint density at radius 1 is 1.10 bits per heavy atom. The fraction of sp³-hybridized carbons (Fsp3) is 0.750. The van der Waals surface area contributed by atoms with Crippen LogP contribution in [0, 0.1) is 0 Å². The van der Waals surface area contributed by atoms with Gasteiger partial charge in [-0.15, -0.1) is 0 Å². The van der Waals surface area contributed by atoms with Crippen molar-refractivity contribution in [2.45, 2.75) is 56.6 Å². The van der Waals surface area contributed by atoms with Crippen molar-refractivity contribution in [1.29, 1.82) is 0 Å². The van der Waals surface area contributed by atoms with Crippen LogP contribution >= 0.6 is 0 Å². The zero-order valence-corrected chi connectivity index (χ0v) is 11.0. The Balaban J connectivity index is 2.45. The number of carboxylic acid groups (broad SMARTS) is 2. The number of nitrogens with one attached hydrogen (secondary N) is 1. The van der Waals surface area contributed by atoms with Crippen LogP contribution in [-0.2, 0) is 19.2 Å². The normalized spacial score (nSPS) is 19.1. The van der Waals surface area contributed by atoms with Gasteiger partial charge in [0.25, 0.3) is 0 Å². The van der Waals surface area contributed by atoms with Crippen LogP contribution in [0.25, 0.3) is 0 Å². The highest BCUT2D eigenvalue weighted by atomic mass is 16.7. The Morgan fingerprint density at radius 2 is 1.70 bits per heavy atom. The summed E-state index contributed by atoms with van der Waals surface area (Å²) in [5.41, 5.74) is -0.120. The molecule has 0 spiro atoms. The Morgan fingerprint density at radius 3 is 2.20 bits per heavy atom. The lowest BCUT2D eigenvalue weighted by atomic mass is 9.96. The lowest BCUT2D eigenvalue weighted by Gasteiger charge is -2.23. The van der Waals surface area contributed by atoms with Crippen molar-refractivity contribution in [2.24, 2.45) is 0 Å². The average molecular weight is 289 g/mol. The minimum atomic E-state index is -2.66. The van der Waals surface area contributed by atoms with Crippen molar-refractivity contribution in [3.8, 4) is 0 Å². The number of carboxylic acids is 2. The van der Waals surface area contributed by atoms with Gasteiger partial charge in [-0.05, 0) is 12.8 Å². The molecule has 0 aromatic rings. The number of aliphatic hydroxyl groups is 1. The first-order valence-corrected chi connectivity index (χ1v) is 6.46. The maximum absolute atomic E-state index is 11.5. The molecular weight excluding hydrogens is 270 g/mol. The highest BCUT2D eigenvalue weighted by Gasteiger charge is 2.41. The maximum Gasteiger partial charge on any atom is 0.336 e. The molecule has 1 unspecified atom stereocenters. The Kier molecular flexibility index (Phi) is 5.90. The molecule has 114 valence electrons. The SMILES string of the molecule is O=C(O)CC(O)(CC(=O)ONC1CCCCC1)C(=O)O. The van der Waals surface area contributed by atoms with Gasteiger partial charge in [-0.2, -0.15) is 5.48 Å². The zero-order chi connectivity index (χ0) is 15.2. The molecule has 1 fully saturated rings. The van der Waals surface area contributed by atoms with Gasteiger partial charge in [-0.25, -0.2) is 4.79 Å². The van der Waals surface area contributed by atoms with E-state index in [1.807, 2.05) is 0 Å². The van der Waals surface area contributed by atoms with Crippen molar-refractivity contribution in [3.05, 3.63) is 0 Å². The molecule has 1 aliphatic rings. The van der Waals surface area contributed by atoms with E-state index in [-0.39, 0.29) is 6.04 Å². The fourth-order valence-corrected chi connectivity index (χ4v) is 2.11. The standard InChI is InChI=1S/C12H19NO7/c14-9(15)6-12(19,11(17)18)7-10(16)20-13-8-4-2-1-3-5-8/h8,13,19H,1-7H2,(H,14,15)(H,17,18). The zero-order valence-electron chi connectivity index (χ0n) is 11.0. The maximum atomic E-state index is 11.5. The summed E-state index contributed by atoms with van der Waals surface area (Å²) in [6.07, 6.45) is 2.89. The van der Waals surface area contributed by atoms with Gasteiger partial charge < -0.3 is 20.2 Å². The molecule has 1 saturated carbocycles. The third-order valence-electron chi connectivity index (χ3n) is 3.22. The van der Waals surface area contributed by atoms with Crippen molar-refractivity contribution < 1.29 is 34.5 Å². The van der Waals surface area contributed by atoms with Crippen molar-refractivity contribution in [2.75, 3.05) is 0 Å². The third-order valence-corrected chi connectivity index (χ3v) is 3.22. The van der Waals surface area contributed by atoms with Gasteiger partial charge in [0.05, 0.1) is 12.8 Å². The van der Waals surface area contributed by atoms with Gasteiger partial charge in [-0.3, -0.25) is 9.59 Å². The predicted molar refractivity (Wildman–Crippen MR) is 65.6 cm³/mol. The molecule has 1 atom stereocenters. The van der Waals surface area contributed by atoms with Gasteiger partial charge in [0.2, 0.25) is 0 Å². The summed E-state index contributed by atoms with van der Waals surface area (Å²) >= 11 is 0. The molecule has 0 bridgehead atoms. The molecule has 8 nitrogen and oxygen atoms in total. The minimum Gasteiger partial charge on any atom is -0.481 e. The average Bonchev–Trinajstić information content (AvgIpc) is 2.36. The molecule has 0 heterocycles. The van der Waals surface area contributed by atoms with Crippen LogP contribution < -0.4 is 5.48 Å². The first kappa shape index (κ1) is 16.4. The molecule has 0 aromatic carbocycles. The molecule has 0 aromatic heterocycles. The number of hydrogen-bond donors (Lipinski definition) is 4. The molecule has 20 heavy (non-hydrogen) atoms. The van der Waals surface area contributed by atoms with Crippen LogP contribution in [0.2, 0.25) is 0 Å². The van der Waals surface area contributed by atoms with E-state index in [0.717, 1.165) is 32.1 Å². The smallest absolute Gasteiger partial charge is 0.336 e. The lowest BCUT2D eigenvalue weighted by Crippen LogP contribution is -2.44. The molecule has 0 amide bonds. The molecular formula is C12H19NO7. The van der Waals surface area contributed by atoms with E-state index in [1.165, 1.54) is 0 Å². The Bertz CT molecular complexity index is 378. The number of carbonyl (C=O) groups excluding carboxylic acids is 1. The van der Waals surface area contributed by atoms with Crippen LogP contribution in [0.1, 0.15) is 44.9 Å². The van der Waals surface area contributed by atoms with Gasteiger partial charge in [0.1, 0.15) is 0 Å². The van der Waals surface area contributed by atoms with Gasteiger partial charge in [-0.1, -0.05) is 19.3 Å². The van der Waals surface area contributed by atoms with Crippen LogP contribution in [0.5, 0.6) is 0 Å². The van der Waals surface area contributed by atoms with Crippen LogP contribution in [0.3, 0.4) is 0 Å². The first-order chi connectivity index (χ1) is 9.33. The Hall–Kier alpha value is -1.67. The molecule has 8 heteroatoms. The third kappa shape index (κ3) is 5.14. The molecule has 1 rings (SSSR count). The Labute approximate surface area is 115 Å². The van der Waals surface area contributed by atoms with E-state index in [2.05, 4.69) is 5.48 Å². The second kappa shape index (κ2) is 7.20. The van der Waals surface area contributed by atoms with Crippen molar-refractivity contribution in [1.82, 2.24) is 5.48 Å². The fourth-order valence-electron chi connectivity index (χ4n) is 2.11.